The Morgan fingerprint density at radius 2 is 1.89 bits per heavy atom. The zero-order valence-corrected chi connectivity index (χ0v) is 12.2. The van der Waals surface area contributed by atoms with Crippen molar-refractivity contribution in [1.29, 1.82) is 0 Å². The van der Waals surface area contributed by atoms with Gasteiger partial charge in [-0.2, -0.15) is 0 Å². The Morgan fingerprint density at radius 3 is 2.58 bits per heavy atom. The molecule has 0 radical (unpaired) electrons. The van der Waals surface area contributed by atoms with E-state index in [1.807, 2.05) is 37.3 Å². The molecule has 0 atom stereocenters. The lowest BCUT2D eigenvalue weighted by molar-refractivity contribution is 0.332. The Labute approximate surface area is 120 Å². The molecule has 0 fully saturated rings. The van der Waals surface area contributed by atoms with Gasteiger partial charge in [0.1, 0.15) is 18.2 Å². The first-order valence-corrected chi connectivity index (χ1v) is 6.83. The van der Waals surface area contributed by atoms with Crippen LogP contribution in [0.3, 0.4) is 0 Å². The molecule has 0 heterocycles. The Balaban J connectivity index is 1.82. The Bertz CT molecular complexity index is 522. The summed E-state index contributed by atoms with van der Waals surface area (Å²) in [5.41, 5.74) is 1.44. The van der Waals surface area contributed by atoms with Crippen molar-refractivity contribution in [3.8, 4) is 5.75 Å². The standard InChI is InChI=1S/C15H15BrFNO/c1-11-3-2-4-14(17)15(11)18-9-10-19-13-7-5-12(16)6-8-13/h2-8,18H,9-10H2,1H3. The van der Waals surface area contributed by atoms with E-state index in [4.69, 9.17) is 4.74 Å². The van der Waals surface area contributed by atoms with Crippen molar-refractivity contribution < 1.29 is 9.13 Å². The molecule has 0 saturated carbocycles. The minimum Gasteiger partial charge on any atom is -0.492 e. The summed E-state index contributed by atoms with van der Waals surface area (Å²) in [4.78, 5) is 0. The molecule has 0 bridgehead atoms. The van der Waals surface area contributed by atoms with Gasteiger partial charge in [0.2, 0.25) is 0 Å². The summed E-state index contributed by atoms with van der Waals surface area (Å²) >= 11 is 3.36. The molecule has 100 valence electrons. The number of benzene rings is 2. The normalized spacial score (nSPS) is 10.3. The zero-order chi connectivity index (χ0) is 13.7. The van der Waals surface area contributed by atoms with Crippen molar-refractivity contribution in [2.75, 3.05) is 18.5 Å². The number of halogens is 2. The summed E-state index contributed by atoms with van der Waals surface area (Å²) in [6.07, 6.45) is 0. The average Bonchev–Trinajstić information content (AvgIpc) is 2.39. The molecule has 1 N–H and O–H groups in total. The first kappa shape index (κ1) is 13.9. The number of anilines is 1. The first-order chi connectivity index (χ1) is 9.16. The van der Waals surface area contributed by atoms with Gasteiger partial charge in [-0.05, 0) is 42.8 Å². The number of ether oxygens (including phenoxy) is 1. The van der Waals surface area contributed by atoms with E-state index in [-0.39, 0.29) is 5.82 Å². The predicted molar refractivity (Wildman–Crippen MR) is 79.3 cm³/mol. The van der Waals surface area contributed by atoms with Gasteiger partial charge < -0.3 is 10.1 Å². The van der Waals surface area contributed by atoms with Crippen LogP contribution in [0, 0.1) is 12.7 Å². The van der Waals surface area contributed by atoms with E-state index in [2.05, 4.69) is 21.2 Å². The van der Waals surface area contributed by atoms with Crippen LogP contribution in [0.4, 0.5) is 10.1 Å². The molecule has 4 heteroatoms. The first-order valence-electron chi connectivity index (χ1n) is 6.04. The van der Waals surface area contributed by atoms with Crippen LogP contribution in [0.2, 0.25) is 0 Å². The molecule has 0 unspecified atom stereocenters. The van der Waals surface area contributed by atoms with Crippen LogP contribution < -0.4 is 10.1 Å². The van der Waals surface area contributed by atoms with Crippen molar-refractivity contribution >= 4 is 21.6 Å². The van der Waals surface area contributed by atoms with E-state index >= 15 is 0 Å². The fraction of sp³-hybridized carbons (Fsp3) is 0.200. The second-order valence-electron chi connectivity index (χ2n) is 4.16. The largest absolute Gasteiger partial charge is 0.492 e. The SMILES string of the molecule is Cc1cccc(F)c1NCCOc1ccc(Br)cc1. The fourth-order valence-electron chi connectivity index (χ4n) is 1.73. The van der Waals surface area contributed by atoms with Gasteiger partial charge >= 0.3 is 0 Å². The van der Waals surface area contributed by atoms with E-state index in [0.29, 0.717) is 18.8 Å². The molecule has 0 amide bonds. The molecular formula is C15H15BrFNO. The third kappa shape index (κ3) is 3.96. The second-order valence-corrected chi connectivity index (χ2v) is 5.08. The maximum Gasteiger partial charge on any atom is 0.146 e. The minimum atomic E-state index is -0.233. The lowest BCUT2D eigenvalue weighted by atomic mass is 10.2. The topological polar surface area (TPSA) is 21.3 Å². The number of nitrogens with one attached hydrogen (secondary N) is 1. The summed E-state index contributed by atoms with van der Waals surface area (Å²) in [7, 11) is 0. The Hall–Kier alpha value is -1.55. The van der Waals surface area contributed by atoms with E-state index in [0.717, 1.165) is 15.8 Å². The van der Waals surface area contributed by atoms with Gasteiger partial charge in [0.05, 0.1) is 5.69 Å². The van der Waals surface area contributed by atoms with Crippen LogP contribution in [0.25, 0.3) is 0 Å². The van der Waals surface area contributed by atoms with Crippen molar-refractivity contribution in [2.45, 2.75) is 6.92 Å². The highest BCUT2D eigenvalue weighted by Crippen LogP contribution is 2.19. The Morgan fingerprint density at radius 1 is 1.16 bits per heavy atom. The summed E-state index contributed by atoms with van der Waals surface area (Å²) in [5, 5.41) is 3.05. The molecule has 0 aromatic heterocycles. The molecule has 2 aromatic rings. The van der Waals surface area contributed by atoms with Crippen LogP contribution in [-0.2, 0) is 0 Å². The Kier molecular flexibility index (Phi) is 4.80. The lowest BCUT2D eigenvalue weighted by Crippen LogP contribution is -2.13. The highest BCUT2D eigenvalue weighted by molar-refractivity contribution is 9.10. The van der Waals surface area contributed by atoms with Crippen LogP contribution >= 0.6 is 15.9 Å². The van der Waals surface area contributed by atoms with Crippen molar-refractivity contribution in [3.05, 3.63) is 58.3 Å². The van der Waals surface area contributed by atoms with Crippen LogP contribution in [0.5, 0.6) is 5.75 Å². The van der Waals surface area contributed by atoms with Gasteiger partial charge in [0, 0.05) is 11.0 Å². The molecule has 2 aromatic carbocycles. The monoisotopic (exact) mass is 323 g/mol. The zero-order valence-electron chi connectivity index (χ0n) is 10.6. The third-order valence-electron chi connectivity index (χ3n) is 2.71. The van der Waals surface area contributed by atoms with Gasteiger partial charge in [-0.15, -0.1) is 0 Å². The molecule has 0 aliphatic rings. The smallest absolute Gasteiger partial charge is 0.146 e. The van der Waals surface area contributed by atoms with E-state index in [9.17, 15) is 4.39 Å². The molecule has 0 saturated heterocycles. The number of hydrogen-bond acceptors (Lipinski definition) is 2. The second kappa shape index (κ2) is 6.57. The van der Waals surface area contributed by atoms with Crippen LogP contribution in [0.1, 0.15) is 5.56 Å². The van der Waals surface area contributed by atoms with E-state index in [1.54, 1.807) is 6.07 Å². The molecule has 0 aliphatic heterocycles. The summed E-state index contributed by atoms with van der Waals surface area (Å²) in [6, 6.07) is 12.6. The molecule has 2 nitrogen and oxygen atoms in total. The number of rotatable bonds is 5. The molecule has 2 rings (SSSR count). The maximum absolute atomic E-state index is 13.5. The molecule has 0 aliphatic carbocycles. The fourth-order valence-corrected chi connectivity index (χ4v) is 2.00. The predicted octanol–water partition coefficient (Wildman–Crippen LogP) is 4.39. The van der Waals surface area contributed by atoms with Gasteiger partial charge in [0.15, 0.2) is 0 Å². The summed E-state index contributed by atoms with van der Waals surface area (Å²) < 4.78 is 20.1. The highest BCUT2D eigenvalue weighted by atomic mass is 79.9. The molecular weight excluding hydrogens is 309 g/mol. The number of para-hydroxylation sites is 1. The molecule has 0 spiro atoms. The van der Waals surface area contributed by atoms with Crippen LogP contribution in [-0.4, -0.2) is 13.2 Å². The van der Waals surface area contributed by atoms with Gasteiger partial charge in [-0.25, -0.2) is 4.39 Å². The van der Waals surface area contributed by atoms with Gasteiger partial charge in [-0.1, -0.05) is 28.1 Å². The lowest BCUT2D eigenvalue weighted by Gasteiger charge is -2.11. The quantitative estimate of drug-likeness (QED) is 0.824. The van der Waals surface area contributed by atoms with E-state index in [1.165, 1.54) is 6.07 Å². The molecule has 19 heavy (non-hydrogen) atoms. The summed E-state index contributed by atoms with van der Waals surface area (Å²) in [5.74, 6) is 0.568. The summed E-state index contributed by atoms with van der Waals surface area (Å²) in [6.45, 7) is 2.91. The van der Waals surface area contributed by atoms with Crippen molar-refractivity contribution in [3.63, 3.8) is 0 Å². The van der Waals surface area contributed by atoms with Gasteiger partial charge in [0.25, 0.3) is 0 Å². The van der Waals surface area contributed by atoms with Crippen LogP contribution in [0.15, 0.2) is 46.9 Å². The minimum absolute atomic E-state index is 0.233. The van der Waals surface area contributed by atoms with Crippen molar-refractivity contribution in [1.82, 2.24) is 0 Å². The number of aryl methyl sites for hydroxylation is 1. The van der Waals surface area contributed by atoms with Gasteiger partial charge in [-0.3, -0.25) is 0 Å². The van der Waals surface area contributed by atoms with E-state index < -0.39 is 0 Å². The highest BCUT2D eigenvalue weighted by Gasteiger charge is 2.03. The number of hydrogen-bond donors (Lipinski definition) is 1. The maximum atomic E-state index is 13.5. The average molecular weight is 324 g/mol. The third-order valence-corrected chi connectivity index (χ3v) is 3.24. The van der Waals surface area contributed by atoms with Crippen molar-refractivity contribution in [2.24, 2.45) is 0 Å².